The maximum absolute atomic E-state index is 11.2. The van der Waals surface area contributed by atoms with Crippen molar-refractivity contribution in [2.24, 2.45) is 0 Å². The molecule has 0 spiro atoms. The number of aromatic nitrogens is 2. The van der Waals surface area contributed by atoms with E-state index in [1.807, 2.05) is 13.0 Å². The second-order valence-corrected chi connectivity index (χ2v) is 4.52. The van der Waals surface area contributed by atoms with Gasteiger partial charge in [0.15, 0.2) is 0 Å². The first kappa shape index (κ1) is 14.5. The summed E-state index contributed by atoms with van der Waals surface area (Å²) in [5.74, 6) is 0.391. The molecule has 0 radical (unpaired) electrons. The summed E-state index contributed by atoms with van der Waals surface area (Å²) < 4.78 is 1.57. The van der Waals surface area contributed by atoms with E-state index in [0.29, 0.717) is 30.2 Å². The van der Waals surface area contributed by atoms with E-state index in [1.165, 1.54) is 0 Å². The van der Waals surface area contributed by atoms with Gasteiger partial charge in [-0.15, -0.1) is 0 Å². The first-order valence-corrected chi connectivity index (χ1v) is 6.51. The van der Waals surface area contributed by atoms with Gasteiger partial charge in [0.25, 0.3) is 0 Å². The summed E-state index contributed by atoms with van der Waals surface area (Å²) in [7, 11) is 0. The fourth-order valence-electron chi connectivity index (χ4n) is 2.13. The first-order chi connectivity index (χ1) is 10.1. The molecule has 0 saturated heterocycles. The number of hydrogen-bond acceptors (Lipinski definition) is 5. The fourth-order valence-corrected chi connectivity index (χ4v) is 2.13. The van der Waals surface area contributed by atoms with E-state index in [2.05, 4.69) is 16.5 Å². The topological polar surface area (TPSA) is 96.8 Å². The van der Waals surface area contributed by atoms with Crippen LogP contribution in [0.5, 0.6) is 0 Å². The molecule has 108 valence electrons. The summed E-state index contributed by atoms with van der Waals surface area (Å²) in [6.45, 7) is 4.42. The zero-order valence-corrected chi connectivity index (χ0v) is 11.8. The summed E-state index contributed by atoms with van der Waals surface area (Å²) in [4.78, 5) is 10.7. The lowest BCUT2D eigenvalue weighted by atomic mass is 10.1. The molecule has 0 fully saturated rings. The van der Waals surface area contributed by atoms with Crippen molar-refractivity contribution in [2.45, 2.75) is 26.9 Å². The van der Waals surface area contributed by atoms with E-state index in [1.54, 1.807) is 29.8 Å². The van der Waals surface area contributed by atoms with Gasteiger partial charge >= 0.3 is 5.69 Å². The Morgan fingerprint density at radius 3 is 2.90 bits per heavy atom. The number of rotatable bonds is 5. The van der Waals surface area contributed by atoms with E-state index < -0.39 is 4.92 Å². The van der Waals surface area contributed by atoms with Crippen molar-refractivity contribution in [3.63, 3.8) is 0 Å². The average Bonchev–Trinajstić information content (AvgIpc) is 2.81. The van der Waals surface area contributed by atoms with Crippen molar-refractivity contribution in [1.29, 1.82) is 5.26 Å². The van der Waals surface area contributed by atoms with Crippen LogP contribution in [0.4, 0.5) is 11.5 Å². The Balaban J connectivity index is 2.27. The number of aryl methyl sites for hydroxylation is 2. The molecule has 1 aromatic heterocycles. The molecule has 7 heteroatoms. The van der Waals surface area contributed by atoms with Crippen LogP contribution in [0.25, 0.3) is 0 Å². The Morgan fingerprint density at radius 1 is 1.52 bits per heavy atom. The van der Waals surface area contributed by atoms with Gasteiger partial charge in [-0.1, -0.05) is 12.1 Å². The van der Waals surface area contributed by atoms with Crippen molar-refractivity contribution >= 4 is 11.5 Å². The summed E-state index contributed by atoms with van der Waals surface area (Å²) in [6.07, 6.45) is 0. The van der Waals surface area contributed by atoms with Gasteiger partial charge in [0.1, 0.15) is 5.69 Å². The third-order valence-electron chi connectivity index (χ3n) is 3.09. The average molecular weight is 285 g/mol. The molecule has 0 atom stereocenters. The molecular formula is C14H15N5O2. The van der Waals surface area contributed by atoms with Gasteiger partial charge in [0.05, 0.1) is 16.6 Å². The van der Waals surface area contributed by atoms with Gasteiger partial charge < -0.3 is 5.32 Å². The molecule has 0 aliphatic heterocycles. The van der Waals surface area contributed by atoms with Gasteiger partial charge in [0, 0.05) is 13.1 Å². The lowest BCUT2D eigenvalue weighted by molar-refractivity contribution is -0.384. The second kappa shape index (κ2) is 6.05. The van der Waals surface area contributed by atoms with Gasteiger partial charge in [-0.25, -0.2) is 4.68 Å². The van der Waals surface area contributed by atoms with Gasteiger partial charge in [-0.3, -0.25) is 10.1 Å². The van der Waals surface area contributed by atoms with Crippen LogP contribution in [0.3, 0.4) is 0 Å². The van der Waals surface area contributed by atoms with E-state index in [-0.39, 0.29) is 5.69 Å². The molecule has 21 heavy (non-hydrogen) atoms. The normalized spacial score (nSPS) is 10.1. The van der Waals surface area contributed by atoms with Gasteiger partial charge in [-0.2, -0.15) is 10.4 Å². The highest BCUT2D eigenvalue weighted by Crippen LogP contribution is 2.28. The van der Waals surface area contributed by atoms with Crippen molar-refractivity contribution in [1.82, 2.24) is 9.78 Å². The van der Waals surface area contributed by atoms with Crippen molar-refractivity contribution in [2.75, 3.05) is 5.32 Å². The number of nitrogens with one attached hydrogen (secondary N) is 1. The number of benzene rings is 1. The number of hydrogen-bond donors (Lipinski definition) is 1. The standard InChI is InChI=1S/C14H15N5O2/c1-3-18-14(13(19(20)21)10(2)17-18)16-9-12-6-4-5-11(7-12)8-15/h4-7,16H,3,9H2,1-2H3. The van der Waals surface area contributed by atoms with Crippen LogP contribution >= 0.6 is 0 Å². The minimum absolute atomic E-state index is 0.00622. The molecule has 1 heterocycles. The smallest absolute Gasteiger partial charge is 0.333 e. The van der Waals surface area contributed by atoms with Crippen molar-refractivity contribution in [3.8, 4) is 6.07 Å². The molecule has 1 N–H and O–H groups in total. The number of nitrogens with zero attached hydrogens (tertiary/aromatic N) is 4. The van der Waals surface area contributed by atoms with Crippen molar-refractivity contribution < 1.29 is 4.92 Å². The zero-order chi connectivity index (χ0) is 15.4. The SMILES string of the molecule is CCn1nc(C)c([N+](=O)[O-])c1NCc1cccc(C#N)c1. The maximum atomic E-state index is 11.2. The Kier molecular flexibility index (Phi) is 4.18. The zero-order valence-electron chi connectivity index (χ0n) is 11.8. The predicted octanol–water partition coefficient (Wildman–Crippen LogP) is 2.60. The summed E-state index contributed by atoms with van der Waals surface area (Å²) in [5.41, 5.74) is 1.82. The minimum atomic E-state index is -0.428. The third kappa shape index (κ3) is 3.00. The Hall–Kier alpha value is -2.88. The van der Waals surface area contributed by atoms with E-state index in [0.717, 1.165) is 5.56 Å². The van der Waals surface area contributed by atoms with Crippen LogP contribution in [0.2, 0.25) is 0 Å². The molecule has 1 aromatic carbocycles. The van der Waals surface area contributed by atoms with Crippen molar-refractivity contribution in [3.05, 3.63) is 51.2 Å². The van der Waals surface area contributed by atoms with Crippen LogP contribution in [-0.2, 0) is 13.1 Å². The molecule has 0 unspecified atom stereocenters. The van der Waals surface area contributed by atoms with Crippen LogP contribution in [0, 0.1) is 28.4 Å². The lowest BCUT2D eigenvalue weighted by Crippen LogP contribution is -2.08. The van der Waals surface area contributed by atoms with Crippen LogP contribution in [0.1, 0.15) is 23.7 Å². The summed E-state index contributed by atoms with van der Waals surface area (Å²) in [5, 5.41) is 27.2. The largest absolute Gasteiger partial charge is 0.360 e. The Bertz CT molecular complexity index is 715. The minimum Gasteiger partial charge on any atom is -0.360 e. The van der Waals surface area contributed by atoms with Crippen LogP contribution in [-0.4, -0.2) is 14.7 Å². The molecule has 0 amide bonds. The molecular weight excluding hydrogens is 270 g/mol. The molecule has 0 aliphatic carbocycles. The van der Waals surface area contributed by atoms with E-state index in [9.17, 15) is 10.1 Å². The molecule has 2 rings (SSSR count). The number of anilines is 1. The predicted molar refractivity (Wildman–Crippen MR) is 77.8 cm³/mol. The third-order valence-corrected chi connectivity index (χ3v) is 3.09. The fraction of sp³-hybridized carbons (Fsp3) is 0.286. The van der Waals surface area contributed by atoms with Gasteiger partial charge in [-0.05, 0) is 31.5 Å². The van der Waals surface area contributed by atoms with E-state index >= 15 is 0 Å². The summed E-state index contributed by atoms with van der Waals surface area (Å²) in [6, 6.07) is 9.18. The highest BCUT2D eigenvalue weighted by Gasteiger charge is 2.24. The maximum Gasteiger partial charge on any atom is 0.333 e. The molecule has 0 aliphatic rings. The van der Waals surface area contributed by atoms with E-state index in [4.69, 9.17) is 5.26 Å². The number of nitro groups is 1. The quantitative estimate of drug-likeness (QED) is 0.672. The lowest BCUT2D eigenvalue weighted by Gasteiger charge is -2.08. The highest BCUT2D eigenvalue weighted by molar-refractivity contribution is 5.59. The second-order valence-electron chi connectivity index (χ2n) is 4.52. The van der Waals surface area contributed by atoms with Crippen LogP contribution in [0.15, 0.2) is 24.3 Å². The summed E-state index contributed by atoms with van der Waals surface area (Å²) >= 11 is 0. The monoisotopic (exact) mass is 285 g/mol. The Morgan fingerprint density at radius 2 is 2.29 bits per heavy atom. The molecule has 2 aromatic rings. The number of nitriles is 1. The highest BCUT2D eigenvalue weighted by atomic mass is 16.6. The Labute approximate surface area is 122 Å². The molecule has 7 nitrogen and oxygen atoms in total. The molecule has 0 bridgehead atoms. The molecule has 0 saturated carbocycles. The first-order valence-electron chi connectivity index (χ1n) is 6.51. The van der Waals surface area contributed by atoms with Crippen LogP contribution < -0.4 is 5.32 Å². The van der Waals surface area contributed by atoms with Gasteiger partial charge in [0.2, 0.25) is 5.82 Å².